The van der Waals surface area contributed by atoms with Gasteiger partial charge in [-0.3, -0.25) is 14.6 Å². The monoisotopic (exact) mass is 573 g/mol. The summed E-state index contributed by atoms with van der Waals surface area (Å²) >= 11 is 0. The second-order valence-electron chi connectivity index (χ2n) is 9.75. The number of allylic oxidation sites excluding steroid dienone is 1. The molecular formula is C27H27F4N7O3. The fourth-order valence-electron chi connectivity index (χ4n) is 5.29. The summed E-state index contributed by atoms with van der Waals surface area (Å²) in [7, 11) is 1.41. The van der Waals surface area contributed by atoms with Crippen LogP contribution in [0.15, 0.2) is 51.6 Å². The zero-order chi connectivity index (χ0) is 29.3. The number of likely N-dealkylation sites (tertiary alicyclic amines) is 1. The van der Waals surface area contributed by atoms with Crippen LogP contribution in [0, 0.1) is 5.82 Å². The first-order valence-corrected chi connectivity index (χ1v) is 12.9. The zero-order valence-electron chi connectivity index (χ0n) is 22.0. The molecule has 10 nitrogen and oxygen atoms in total. The summed E-state index contributed by atoms with van der Waals surface area (Å²) in [4.78, 5) is 39.0. The Labute approximate surface area is 231 Å². The summed E-state index contributed by atoms with van der Waals surface area (Å²) in [6.45, 7) is 0.412. The predicted octanol–water partition coefficient (Wildman–Crippen LogP) is 3.41. The maximum atomic E-state index is 15.1. The highest BCUT2D eigenvalue weighted by Crippen LogP contribution is 2.34. The number of ether oxygens (including phenoxy) is 1. The molecule has 2 aromatic heterocycles. The van der Waals surface area contributed by atoms with Crippen molar-refractivity contribution in [3.8, 4) is 17.1 Å². The number of nitrogens with one attached hydrogen (secondary N) is 1. The second-order valence-corrected chi connectivity index (χ2v) is 9.75. The van der Waals surface area contributed by atoms with Crippen LogP contribution in [-0.2, 0) is 11.3 Å². The predicted molar refractivity (Wildman–Crippen MR) is 144 cm³/mol. The van der Waals surface area contributed by atoms with Crippen LogP contribution >= 0.6 is 0 Å². The SMILES string of the molecule is COc1cnc(-c2cc3ccn(CCC[C@@H]4CCCN4C4=C(C(F)(F)F)C(=O)NCN=C4)c(=O)c3cc2F)nc1N. The molecule has 3 aromatic rings. The number of carbonyl (C=O) groups is 1. The number of fused-ring (bicyclic) bond motifs is 1. The summed E-state index contributed by atoms with van der Waals surface area (Å²) in [5, 5.41) is 2.81. The van der Waals surface area contributed by atoms with Crippen molar-refractivity contribution in [2.24, 2.45) is 4.99 Å². The first kappa shape index (κ1) is 28.1. The van der Waals surface area contributed by atoms with Crippen molar-refractivity contribution in [1.82, 2.24) is 24.8 Å². The van der Waals surface area contributed by atoms with Crippen molar-refractivity contribution in [1.29, 1.82) is 0 Å². The summed E-state index contributed by atoms with van der Waals surface area (Å²) in [6.07, 6.45) is 1.47. The lowest BCUT2D eigenvalue weighted by atomic mass is 10.1. The number of amides is 1. The molecule has 1 aromatic carbocycles. The highest BCUT2D eigenvalue weighted by molar-refractivity contribution is 6.01. The molecule has 14 heteroatoms. The standard InChI is InChI=1S/C27H27F4N7O3/c1-41-21-13-34-24(36-23(21)32)18-10-15-6-9-37(26(40)17(15)11-19(18)28)7-2-4-16-5-3-8-38(16)20-12-33-14-35-25(39)22(20)27(29,30)31/h6,9-13,16H,2-5,7-8,14H2,1H3,(H,35,39)(H2,32,34,36)/t16-/m1/s1. The molecule has 0 spiro atoms. The Morgan fingerprint density at radius 3 is 2.78 bits per heavy atom. The molecule has 2 aliphatic rings. The van der Waals surface area contributed by atoms with Crippen LogP contribution in [0.4, 0.5) is 23.4 Å². The maximum absolute atomic E-state index is 15.1. The van der Waals surface area contributed by atoms with Crippen LogP contribution in [0.25, 0.3) is 22.2 Å². The fraction of sp³-hybridized carbons (Fsp3) is 0.370. The third-order valence-electron chi connectivity index (χ3n) is 7.24. The Balaban J connectivity index is 1.34. The van der Waals surface area contributed by atoms with Gasteiger partial charge in [0.05, 0.1) is 30.0 Å². The number of halogens is 4. The molecule has 0 aliphatic carbocycles. The van der Waals surface area contributed by atoms with Crippen molar-refractivity contribution in [2.45, 2.75) is 44.4 Å². The fourth-order valence-corrected chi connectivity index (χ4v) is 5.29. The van der Waals surface area contributed by atoms with Gasteiger partial charge < -0.3 is 25.3 Å². The minimum absolute atomic E-state index is 0.0491. The zero-order valence-corrected chi connectivity index (χ0v) is 22.0. The molecule has 2 aliphatic heterocycles. The molecule has 41 heavy (non-hydrogen) atoms. The van der Waals surface area contributed by atoms with Crippen LogP contribution in [0.5, 0.6) is 5.75 Å². The van der Waals surface area contributed by atoms with Crippen LogP contribution in [-0.4, -0.2) is 64.1 Å². The van der Waals surface area contributed by atoms with Crippen molar-refractivity contribution >= 4 is 28.7 Å². The van der Waals surface area contributed by atoms with Gasteiger partial charge in [0.25, 0.3) is 11.5 Å². The van der Waals surface area contributed by atoms with Gasteiger partial charge in [-0.25, -0.2) is 14.4 Å². The maximum Gasteiger partial charge on any atom is 0.423 e. The smallest absolute Gasteiger partial charge is 0.423 e. The average Bonchev–Trinajstić information content (AvgIpc) is 3.29. The minimum Gasteiger partial charge on any atom is -0.491 e. The van der Waals surface area contributed by atoms with Gasteiger partial charge in [0, 0.05) is 31.5 Å². The van der Waals surface area contributed by atoms with Gasteiger partial charge in [-0.2, -0.15) is 13.2 Å². The second kappa shape index (κ2) is 11.2. The molecule has 4 heterocycles. The van der Waals surface area contributed by atoms with Crippen molar-refractivity contribution in [3.05, 3.63) is 58.0 Å². The largest absolute Gasteiger partial charge is 0.491 e. The molecule has 0 radical (unpaired) electrons. The number of aryl methyl sites for hydroxylation is 1. The van der Waals surface area contributed by atoms with Gasteiger partial charge in [0.1, 0.15) is 18.1 Å². The number of nitrogens with two attached hydrogens (primary N) is 1. The van der Waals surface area contributed by atoms with Gasteiger partial charge in [-0.15, -0.1) is 0 Å². The molecule has 216 valence electrons. The Kier molecular flexibility index (Phi) is 7.65. The van der Waals surface area contributed by atoms with Crippen LogP contribution < -0.4 is 21.3 Å². The molecule has 1 atom stereocenters. The number of alkyl halides is 3. The molecule has 5 rings (SSSR count). The summed E-state index contributed by atoms with van der Waals surface area (Å²) < 4.78 is 62.8. The quantitative estimate of drug-likeness (QED) is 0.415. The number of hydrogen-bond acceptors (Lipinski definition) is 8. The van der Waals surface area contributed by atoms with Crippen LogP contribution in [0.2, 0.25) is 0 Å². The van der Waals surface area contributed by atoms with Gasteiger partial charge in [0.2, 0.25) is 0 Å². The van der Waals surface area contributed by atoms with E-state index in [2.05, 4.69) is 20.3 Å². The van der Waals surface area contributed by atoms with Crippen molar-refractivity contribution < 1.29 is 27.1 Å². The van der Waals surface area contributed by atoms with E-state index in [0.717, 1.165) is 12.3 Å². The van der Waals surface area contributed by atoms with Crippen LogP contribution in [0.3, 0.4) is 0 Å². The first-order chi connectivity index (χ1) is 19.6. The lowest BCUT2D eigenvalue weighted by molar-refractivity contribution is -0.131. The molecule has 1 fully saturated rings. The number of aromatic nitrogens is 3. The first-order valence-electron chi connectivity index (χ1n) is 12.9. The Bertz CT molecular complexity index is 1620. The van der Waals surface area contributed by atoms with E-state index in [9.17, 15) is 22.8 Å². The molecule has 0 bridgehead atoms. The summed E-state index contributed by atoms with van der Waals surface area (Å²) in [5.74, 6) is -1.54. The van der Waals surface area contributed by atoms with E-state index >= 15 is 4.39 Å². The number of nitrogen functional groups attached to an aromatic ring is 1. The van der Waals surface area contributed by atoms with E-state index in [4.69, 9.17) is 10.5 Å². The average molecular weight is 574 g/mol. The van der Waals surface area contributed by atoms with Gasteiger partial charge in [0.15, 0.2) is 17.4 Å². The molecule has 0 saturated carbocycles. The minimum atomic E-state index is -4.83. The Hall–Kier alpha value is -4.49. The normalized spacial score (nSPS) is 17.7. The molecule has 0 unspecified atom stereocenters. The number of pyridine rings is 1. The number of nitrogens with zero attached hydrogens (tertiary/aromatic N) is 5. The Morgan fingerprint density at radius 2 is 2.05 bits per heavy atom. The number of rotatable bonds is 7. The van der Waals surface area contributed by atoms with E-state index in [-0.39, 0.29) is 53.3 Å². The third-order valence-corrected chi connectivity index (χ3v) is 7.24. The van der Waals surface area contributed by atoms with E-state index in [1.54, 1.807) is 17.2 Å². The highest BCUT2D eigenvalue weighted by Gasteiger charge is 2.44. The van der Waals surface area contributed by atoms with Crippen molar-refractivity contribution in [2.75, 3.05) is 26.1 Å². The highest BCUT2D eigenvalue weighted by atomic mass is 19.4. The number of methoxy groups -OCH3 is 1. The molecular weight excluding hydrogens is 546 g/mol. The van der Waals surface area contributed by atoms with Gasteiger partial charge >= 0.3 is 6.18 Å². The lowest BCUT2D eigenvalue weighted by Crippen LogP contribution is -2.37. The third kappa shape index (κ3) is 5.58. The number of anilines is 1. The summed E-state index contributed by atoms with van der Waals surface area (Å²) in [6, 6.07) is 4.03. The van der Waals surface area contributed by atoms with Gasteiger partial charge in [-0.05, 0) is 49.3 Å². The number of hydrogen-bond donors (Lipinski definition) is 2. The lowest BCUT2D eigenvalue weighted by Gasteiger charge is -2.29. The number of aliphatic imine (C=N–C) groups is 1. The molecule has 1 saturated heterocycles. The Morgan fingerprint density at radius 1 is 1.24 bits per heavy atom. The summed E-state index contributed by atoms with van der Waals surface area (Å²) in [5.41, 5.74) is 4.02. The number of carbonyl (C=O) groups excluding carboxylic acids is 1. The van der Waals surface area contributed by atoms with E-state index in [0.29, 0.717) is 37.6 Å². The molecule has 1 amide bonds. The van der Waals surface area contributed by atoms with Crippen LogP contribution in [0.1, 0.15) is 25.7 Å². The molecule has 3 N–H and O–H groups in total. The number of benzene rings is 1. The topological polar surface area (TPSA) is 128 Å². The van der Waals surface area contributed by atoms with E-state index in [1.165, 1.54) is 23.9 Å². The van der Waals surface area contributed by atoms with Gasteiger partial charge in [-0.1, -0.05) is 0 Å². The van der Waals surface area contributed by atoms with Crippen molar-refractivity contribution in [3.63, 3.8) is 0 Å². The van der Waals surface area contributed by atoms with E-state index < -0.39 is 29.0 Å². The van der Waals surface area contributed by atoms with E-state index in [1.807, 2.05) is 0 Å².